The molecule has 0 atom stereocenters. The molecule has 0 spiro atoms. The summed E-state index contributed by atoms with van der Waals surface area (Å²) in [4.78, 5) is 17.2. The van der Waals surface area contributed by atoms with Gasteiger partial charge < -0.3 is 14.4 Å². The van der Waals surface area contributed by atoms with Crippen LogP contribution in [0.4, 0.5) is 0 Å². The molecule has 0 radical (unpaired) electrons. The molecule has 1 amide bonds. The van der Waals surface area contributed by atoms with Crippen LogP contribution in [0.25, 0.3) is 0 Å². The van der Waals surface area contributed by atoms with E-state index in [-0.39, 0.29) is 5.91 Å². The Hall–Kier alpha value is -1.75. The first-order chi connectivity index (χ1) is 10.7. The molecule has 3 rings (SSSR count). The van der Waals surface area contributed by atoms with Crippen molar-refractivity contribution in [2.45, 2.75) is 25.3 Å². The summed E-state index contributed by atoms with van der Waals surface area (Å²) in [5.41, 5.74) is 0.664. The van der Waals surface area contributed by atoms with E-state index in [2.05, 4.69) is 4.90 Å². The number of ether oxygens (including phenoxy) is 2. The molecule has 0 N–H and O–H groups in total. The van der Waals surface area contributed by atoms with Gasteiger partial charge in [-0.05, 0) is 37.5 Å². The molecule has 1 aromatic carbocycles. The van der Waals surface area contributed by atoms with Gasteiger partial charge in [-0.25, -0.2) is 0 Å². The van der Waals surface area contributed by atoms with Gasteiger partial charge in [-0.15, -0.1) is 0 Å². The Morgan fingerprint density at radius 2 is 1.82 bits per heavy atom. The Balaban J connectivity index is 1.70. The average Bonchev–Trinajstić information content (AvgIpc) is 3.39. The average molecular weight is 304 g/mol. The molecule has 1 aliphatic heterocycles. The summed E-state index contributed by atoms with van der Waals surface area (Å²) in [5.74, 6) is 1.33. The smallest absolute Gasteiger partial charge is 0.254 e. The van der Waals surface area contributed by atoms with E-state index in [0.717, 1.165) is 38.6 Å². The number of nitrogens with zero attached hydrogens (tertiary/aromatic N) is 2. The number of carbonyl (C=O) groups excluding carboxylic acids is 1. The predicted molar refractivity (Wildman–Crippen MR) is 84.7 cm³/mol. The fourth-order valence-electron chi connectivity index (χ4n) is 3.10. The quantitative estimate of drug-likeness (QED) is 0.853. The van der Waals surface area contributed by atoms with Crippen molar-refractivity contribution in [1.82, 2.24) is 9.80 Å². The molecule has 1 saturated carbocycles. The van der Waals surface area contributed by atoms with Gasteiger partial charge in [0.05, 0.1) is 14.2 Å². The SMILES string of the molecule is COc1ccc(C(=O)N2CCCN(C3CC3)CC2)cc1OC. The van der Waals surface area contributed by atoms with E-state index in [1.165, 1.54) is 12.8 Å². The van der Waals surface area contributed by atoms with Gasteiger partial charge in [-0.3, -0.25) is 9.69 Å². The van der Waals surface area contributed by atoms with Crippen LogP contribution in [0.15, 0.2) is 18.2 Å². The third-order valence-corrected chi connectivity index (χ3v) is 4.51. The standard InChI is InChI=1S/C17H24N2O3/c1-21-15-7-4-13(12-16(15)22-2)17(20)19-9-3-8-18(10-11-19)14-5-6-14/h4,7,12,14H,3,5-6,8-11H2,1-2H3. The van der Waals surface area contributed by atoms with Crippen LogP contribution in [0.2, 0.25) is 0 Å². The minimum Gasteiger partial charge on any atom is -0.493 e. The Morgan fingerprint density at radius 3 is 2.50 bits per heavy atom. The van der Waals surface area contributed by atoms with Gasteiger partial charge in [-0.1, -0.05) is 0 Å². The van der Waals surface area contributed by atoms with Gasteiger partial charge in [0.1, 0.15) is 0 Å². The van der Waals surface area contributed by atoms with E-state index in [4.69, 9.17) is 9.47 Å². The second-order valence-electron chi connectivity index (χ2n) is 5.98. The summed E-state index contributed by atoms with van der Waals surface area (Å²) in [7, 11) is 3.19. The lowest BCUT2D eigenvalue weighted by Crippen LogP contribution is -2.35. The third-order valence-electron chi connectivity index (χ3n) is 4.51. The maximum atomic E-state index is 12.7. The second kappa shape index (κ2) is 6.57. The van der Waals surface area contributed by atoms with Crippen LogP contribution < -0.4 is 9.47 Å². The van der Waals surface area contributed by atoms with E-state index in [0.29, 0.717) is 17.1 Å². The molecule has 2 fully saturated rings. The minimum atomic E-state index is 0.0820. The van der Waals surface area contributed by atoms with E-state index < -0.39 is 0 Å². The number of hydrogen-bond acceptors (Lipinski definition) is 4. The lowest BCUT2D eigenvalue weighted by molar-refractivity contribution is 0.0760. The molecule has 0 aromatic heterocycles. The van der Waals surface area contributed by atoms with Crippen LogP contribution in [0, 0.1) is 0 Å². The molecule has 120 valence electrons. The Bertz CT molecular complexity index is 543. The van der Waals surface area contributed by atoms with Crippen LogP contribution in [-0.2, 0) is 0 Å². The second-order valence-corrected chi connectivity index (χ2v) is 5.98. The maximum Gasteiger partial charge on any atom is 0.254 e. The van der Waals surface area contributed by atoms with Crippen LogP contribution in [0.3, 0.4) is 0 Å². The Labute approximate surface area is 131 Å². The van der Waals surface area contributed by atoms with Crippen LogP contribution in [0.1, 0.15) is 29.6 Å². The van der Waals surface area contributed by atoms with Crippen molar-refractivity contribution >= 4 is 5.91 Å². The lowest BCUT2D eigenvalue weighted by Gasteiger charge is -2.22. The van der Waals surface area contributed by atoms with Crippen molar-refractivity contribution in [3.63, 3.8) is 0 Å². The molecular formula is C17H24N2O3. The molecule has 1 heterocycles. The highest BCUT2D eigenvalue weighted by atomic mass is 16.5. The Morgan fingerprint density at radius 1 is 1.05 bits per heavy atom. The van der Waals surface area contributed by atoms with E-state index in [1.807, 2.05) is 11.0 Å². The van der Waals surface area contributed by atoms with Crippen molar-refractivity contribution < 1.29 is 14.3 Å². The number of benzene rings is 1. The minimum absolute atomic E-state index is 0.0820. The van der Waals surface area contributed by atoms with E-state index in [9.17, 15) is 4.79 Å². The highest BCUT2D eigenvalue weighted by Crippen LogP contribution is 2.29. The molecule has 2 aliphatic rings. The fraction of sp³-hybridized carbons (Fsp3) is 0.588. The van der Waals surface area contributed by atoms with Crippen LogP contribution in [0.5, 0.6) is 11.5 Å². The zero-order valence-electron chi connectivity index (χ0n) is 13.4. The van der Waals surface area contributed by atoms with E-state index in [1.54, 1.807) is 26.4 Å². The Kier molecular flexibility index (Phi) is 4.52. The van der Waals surface area contributed by atoms with E-state index >= 15 is 0 Å². The summed E-state index contributed by atoms with van der Waals surface area (Å²) in [5, 5.41) is 0. The number of hydrogen-bond donors (Lipinski definition) is 0. The molecule has 1 aromatic rings. The van der Waals surface area contributed by atoms with Crippen molar-refractivity contribution in [2.24, 2.45) is 0 Å². The van der Waals surface area contributed by atoms with Crippen molar-refractivity contribution in [2.75, 3.05) is 40.4 Å². The summed E-state index contributed by atoms with van der Waals surface area (Å²) in [6, 6.07) is 6.15. The highest BCUT2D eigenvalue weighted by molar-refractivity contribution is 5.95. The van der Waals surface area contributed by atoms with Crippen molar-refractivity contribution in [1.29, 1.82) is 0 Å². The van der Waals surface area contributed by atoms with Gasteiger partial charge in [0.15, 0.2) is 11.5 Å². The predicted octanol–water partition coefficient (Wildman–Crippen LogP) is 2.01. The van der Waals surface area contributed by atoms with Crippen LogP contribution >= 0.6 is 0 Å². The topological polar surface area (TPSA) is 42.0 Å². The number of amides is 1. The summed E-state index contributed by atoms with van der Waals surface area (Å²) >= 11 is 0. The zero-order chi connectivity index (χ0) is 15.5. The summed E-state index contributed by atoms with van der Waals surface area (Å²) in [6.07, 6.45) is 3.70. The fourth-order valence-corrected chi connectivity index (χ4v) is 3.10. The van der Waals surface area contributed by atoms with Gasteiger partial charge in [0.2, 0.25) is 0 Å². The normalized spacial score (nSPS) is 19.6. The highest BCUT2D eigenvalue weighted by Gasteiger charge is 2.31. The third kappa shape index (κ3) is 3.19. The molecule has 0 bridgehead atoms. The summed E-state index contributed by atoms with van der Waals surface area (Å²) in [6.45, 7) is 3.74. The van der Waals surface area contributed by atoms with Gasteiger partial charge in [0, 0.05) is 37.8 Å². The first-order valence-corrected chi connectivity index (χ1v) is 7.98. The zero-order valence-corrected chi connectivity index (χ0v) is 13.4. The first kappa shape index (κ1) is 15.2. The number of methoxy groups -OCH3 is 2. The number of rotatable bonds is 4. The van der Waals surface area contributed by atoms with Gasteiger partial charge in [0.25, 0.3) is 5.91 Å². The molecule has 5 heteroatoms. The first-order valence-electron chi connectivity index (χ1n) is 7.98. The molecular weight excluding hydrogens is 280 g/mol. The van der Waals surface area contributed by atoms with Crippen LogP contribution in [-0.4, -0.2) is 62.1 Å². The molecule has 5 nitrogen and oxygen atoms in total. The van der Waals surface area contributed by atoms with Crippen molar-refractivity contribution in [3.8, 4) is 11.5 Å². The number of carbonyl (C=O) groups is 1. The molecule has 22 heavy (non-hydrogen) atoms. The molecule has 0 unspecified atom stereocenters. The van der Waals surface area contributed by atoms with Crippen molar-refractivity contribution in [3.05, 3.63) is 23.8 Å². The maximum absolute atomic E-state index is 12.7. The largest absolute Gasteiger partial charge is 0.493 e. The molecule has 1 aliphatic carbocycles. The lowest BCUT2D eigenvalue weighted by atomic mass is 10.1. The summed E-state index contributed by atoms with van der Waals surface area (Å²) < 4.78 is 10.5. The van der Waals surface area contributed by atoms with Gasteiger partial charge in [-0.2, -0.15) is 0 Å². The molecule has 1 saturated heterocycles. The van der Waals surface area contributed by atoms with Gasteiger partial charge >= 0.3 is 0 Å². The monoisotopic (exact) mass is 304 g/mol.